The van der Waals surface area contributed by atoms with E-state index in [1.807, 2.05) is 0 Å². The Morgan fingerprint density at radius 3 is 2.73 bits per heavy atom. The fraction of sp³-hybridized carbons (Fsp3) is 0.143. The molecule has 0 radical (unpaired) electrons. The number of amides is 1. The minimum absolute atomic E-state index is 0.198. The first-order valence-electron chi connectivity index (χ1n) is 3.21. The Morgan fingerprint density at radius 1 is 1.55 bits per heavy atom. The van der Waals surface area contributed by atoms with Gasteiger partial charge in [0, 0.05) is 12.4 Å². The summed E-state index contributed by atoms with van der Waals surface area (Å²) in [6.07, 6.45) is 3.58. The lowest BCUT2D eigenvalue weighted by molar-refractivity contribution is -0.120. The molecule has 0 fully saturated rings. The maximum Gasteiger partial charge on any atom is 0.238 e. The van der Waals surface area contributed by atoms with E-state index in [2.05, 4.69) is 10.4 Å². The van der Waals surface area contributed by atoms with E-state index in [1.165, 1.54) is 0 Å². The Morgan fingerprint density at radius 2 is 2.18 bits per heavy atom. The Kier molecular flexibility index (Phi) is 2.57. The predicted molar refractivity (Wildman–Crippen MR) is 40.3 cm³/mol. The van der Waals surface area contributed by atoms with Crippen molar-refractivity contribution in [1.29, 1.82) is 0 Å². The van der Waals surface area contributed by atoms with Gasteiger partial charge in [-0.2, -0.15) is 0 Å². The highest BCUT2D eigenvalue weighted by molar-refractivity contribution is 5.77. The van der Waals surface area contributed by atoms with E-state index >= 15 is 0 Å². The summed E-state index contributed by atoms with van der Waals surface area (Å²) in [4.78, 5) is 14.5. The van der Waals surface area contributed by atoms with E-state index in [0.29, 0.717) is 6.42 Å². The standard InChI is InChI=1S/C7H9N3O/c8-10-7(11)5-6-1-3-9-4-2-6/h1-4H,5,8H2,(H,10,11). The van der Waals surface area contributed by atoms with Crippen LogP contribution in [0.3, 0.4) is 0 Å². The Hall–Kier alpha value is -1.42. The number of nitrogens with zero attached hydrogens (tertiary/aromatic N) is 1. The molecule has 0 aliphatic heterocycles. The number of hydrogen-bond acceptors (Lipinski definition) is 3. The average molecular weight is 151 g/mol. The minimum Gasteiger partial charge on any atom is -0.294 e. The van der Waals surface area contributed by atoms with Crippen molar-refractivity contribution in [2.45, 2.75) is 6.42 Å². The van der Waals surface area contributed by atoms with Gasteiger partial charge in [0.2, 0.25) is 5.91 Å². The van der Waals surface area contributed by atoms with Gasteiger partial charge < -0.3 is 0 Å². The molecule has 11 heavy (non-hydrogen) atoms. The van der Waals surface area contributed by atoms with Gasteiger partial charge in [-0.1, -0.05) is 0 Å². The number of carbonyl (C=O) groups is 1. The van der Waals surface area contributed by atoms with Crippen molar-refractivity contribution in [2.24, 2.45) is 5.84 Å². The van der Waals surface area contributed by atoms with Gasteiger partial charge in [-0.25, -0.2) is 5.84 Å². The van der Waals surface area contributed by atoms with Crippen LogP contribution in [0.1, 0.15) is 5.56 Å². The van der Waals surface area contributed by atoms with Crippen molar-refractivity contribution in [3.8, 4) is 0 Å². The van der Waals surface area contributed by atoms with Gasteiger partial charge >= 0.3 is 0 Å². The summed E-state index contributed by atoms with van der Waals surface area (Å²) >= 11 is 0. The van der Waals surface area contributed by atoms with Crippen LogP contribution < -0.4 is 11.3 Å². The van der Waals surface area contributed by atoms with Crippen LogP contribution in [-0.4, -0.2) is 10.9 Å². The van der Waals surface area contributed by atoms with Crippen LogP contribution in [0.5, 0.6) is 0 Å². The second-order valence-corrected chi connectivity index (χ2v) is 2.10. The molecule has 0 saturated heterocycles. The third-order valence-corrected chi connectivity index (χ3v) is 1.28. The van der Waals surface area contributed by atoms with E-state index in [4.69, 9.17) is 5.84 Å². The minimum atomic E-state index is -0.198. The molecule has 0 aliphatic rings. The lowest BCUT2D eigenvalue weighted by Gasteiger charge is -1.97. The van der Waals surface area contributed by atoms with Gasteiger partial charge in [-0.15, -0.1) is 0 Å². The van der Waals surface area contributed by atoms with Gasteiger partial charge in [0.05, 0.1) is 6.42 Å². The molecule has 0 bridgehead atoms. The van der Waals surface area contributed by atoms with Gasteiger partial charge in [-0.3, -0.25) is 15.2 Å². The number of hydrogen-bond donors (Lipinski definition) is 2. The van der Waals surface area contributed by atoms with Gasteiger partial charge in [0.15, 0.2) is 0 Å². The first kappa shape index (κ1) is 7.68. The molecule has 4 heteroatoms. The fourth-order valence-electron chi connectivity index (χ4n) is 0.737. The Labute approximate surface area is 64.4 Å². The molecule has 1 aromatic rings. The number of pyridine rings is 1. The zero-order valence-corrected chi connectivity index (χ0v) is 5.95. The second kappa shape index (κ2) is 3.68. The van der Waals surface area contributed by atoms with Gasteiger partial charge in [0.25, 0.3) is 0 Å². The lowest BCUT2D eigenvalue weighted by atomic mass is 10.2. The maximum absolute atomic E-state index is 10.7. The summed E-state index contributed by atoms with van der Waals surface area (Å²) in [7, 11) is 0. The van der Waals surface area contributed by atoms with Crippen LogP contribution in [0, 0.1) is 0 Å². The molecule has 4 nitrogen and oxygen atoms in total. The van der Waals surface area contributed by atoms with Gasteiger partial charge in [-0.05, 0) is 17.7 Å². The number of nitrogens with two attached hydrogens (primary N) is 1. The highest BCUT2D eigenvalue weighted by Crippen LogP contribution is 1.95. The number of nitrogens with one attached hydrogen (secondary N) is 1. The molecule has 0 aliphatic carbocycles. The van der Waals surface area contributed by atoms with Gasteiger partial charge in [0.1, 0.15) is 0 Å². The summed E-state index contributed by atoms with van der Waals surface area (Å²) in [5.74, 6) is 4.71. The number of rotatable bonds is 2. The summed E-state index contributed by atoms with van der Waals surface area (Å²) in [5, 5.41) is 0. The first-order valence-corrected chi connectivity index (χ1v) is 3.21. The molecule has 58 valence electrons. The van der Waals surface area contributed by atoms with Crippen molar-refractivity contribution in [3.63, 3.8) is 0 Å². The molecule has 0 atom stereocenters. The molecule has 0 spiro atoms. The molecule has 1 amide bonds. The third-order valence-electron chi connectivity index (χ3n) is 1.28. The summed E-state index contributed by atoms with van der Waals surface area (Å²) in [6, 6.07) is 3.55. The Bertz CT molecular complexity index is 235. The molecule has 0 saturated carbocycles. The number of hydrazine groups is 1. The number of aromatic nitrogens is 1. The van der Waals surface area contributed by atoms with Crippen LogP contribution in [0.4, 0.5) is 0 Å². The molecule has 0 aromatic carbocycles. The van der Waals surface area contributed by atoms with E-state index in [9.17, 15) is 4.79 Å². The SMILES string of the molecule is NNC(=O)Cc1ccncc1. The predicted octanol–water partition coefficient (Wildman–Crippen LogP) is -0.386. The third kappa shape index (κ3) is 2.35. The van der Waals surface area contributed by atoms with Crippen molar-refractivity contribution in [1.82, 2.24) is 10.4 Å². The van der Waals surface area contributed by atoms with Crippen LogP contribution in [0.25, 0.3) is 0 Å². The smallest absolute Gasteiger partial charge is 0.238 e. The van der Waals surface area contributed by atoms with Crippen molar-refractivity contribution >= 4 is 5.91 Å². The normalized spacial score (nSPS) is 9.18. The molecular weight excluding hydrogens is 142 g/mol. The molecule has 3 N–H and O–H groups in total. The number of carbonyl (C=O) groups excluding carboxylic acids is 1. The zero-order valence-electron chi connectivity index (χ0n) is 5.95. The summed E-state index contributed by atoms with van der Waals surface area (Å²) in [6.45, 7) is 0. The van der Waals surface area contributed by atoms with E-state index in [-0.39, 0.29) is 5.91 Å². The monoisotopic (exact) mass is 151 g/mol. The van der Waals surface area contributed by atoms with Crippen molar-refractivity contribution < 1.29 is 4.79 Å². The summed E-state index contributed by atoms with van der Waals surface area (Å²) in [5.41, 5.74) is 2.96. The summed E-state index contributed by atoms with van der Waals surface area (Å²) < 4.78 is 0. The molecule has 1 aromatic heterocycles. The quantitative estimate of drug-likeness (QED) is 0.344. The highest BCUT2D eigenvalue weighted by atomic mass is 16.2. The molecule has 1 rings (SSSR count). The highest BCUT2D eigenvalue weighted by Gasteiger charge is 1.98. The van der Waals surface area contributed by atoms with Crippen LogP contribution >= 0.6 is 0 Å². The van der Waals surface area contributed by atoms with E-state index in [0.717, 1.165) is 5.56 Å². The maximum atomic E-state index is 10.7. The van der Waals surface area contributed by atoms with Crippen LogP contribution in [0.15, 0.2) is 24.5 Å². The Balaban J connectivity index is 2.58. The molecular formula is C7H9N3O. The average Bonchev–Trinajstić information content (AvgIpc) is 2.06. The topological polar surface area (TPSA) is 68.0 Å². The van der Waals surface area contributed by atoms with Crippen LogP contribution in [0.2, 0.25) is 0 Å². The van der Waals surface area contributed by atoms with Crippen molar-refractivity contribution in [3.05, 3.63) is 30.1 Å². The first-order chi connectivity index (χ1) is 5.33. The zero-order chi connectivity index (χ0) is 8.10. The molecule has 1 heterocycles. The van der Waals surface area contributed by atoms with E-state index < -0.39 is 0 Å². The second-order valence-electron chi connectivity index (χ2n) is 2.10. The van der Waals surface area contributed by atoms with E-state index in [1.54, 1.807) is 24.5 Å². The van der Waals surface area contributed by atoms with Crippen LogP contribution in [-0.2, 0) is 11.2 Å². The molecule has 0 unspecified atom stereocenters. The lowest BCUT2D eigenvalue weighted by Crippen LogP contribution is -2.31. The fourth-order valence-corrected chi connectivity index (χ4v) is 0.737. The van der Waals surface area contributed by atoms with Crippen molar-refractivity contribution in [2.75, 3.05) is 0 Å². The largest absolute Gasteiger partial charge is 0.294 e.